The highest BCUT2D eigenvalue weighted by Crippen LogP contribution is 2.30. The van der Waals surface area contributed by atoms with Crippen LogP contribution in [-0.4, -0.2) is 48.6 Å². The Hall–Kier alpha value is -4.31. The maximum Gasteiger partial charge on any atom is 0.256 e. The molecule has 0 radical (unpaired) electrons. The fourth-order valence-corrected chi connectivity index (χ4v) is 4.75. The molecule has 7 nitrogen and oxygen atoms in total. The van der Waals surface area contributed by atoms with Crippen molar-refractivity contribution < 1.29 is 27.8 Å². The number of nitrogens with zero attached hydrogens (tertiary/aromatic N) is 2. The van der Waals surface area contributed by atoms with Gasteiger partial charge in [-0.15, -0.1) is 0 Å². The van der Waals surface area contributed by atoms with Gasteiger partial charge in [0.1, 0.15) is 23.4 Å². The molecule has 0 aromatic heterocycles. The summed E-state index contributed by atoms with van der Waals surface area (Å²) in [6.07, 6.45) is 1.64. The molecule has 0 spiro atoms. The normalized spacial score (nSPS) is 14.9. The molecule has 1 fully saturated rings. The number of ether oxygens (including phenoxy) is 2. The second kappa shape index (κ2) is 12.0. The lowest BCUT2D eigenvalue weighted by molar-refractivity contribution is -0.124. The van der Waals surface area contributed by atoms with E-state index in [1.807, 2.05) is 24.3 Å². The van der Waals surface area contributed by atoms with Gasteiger partial charge in [0.2, 0.25) is 5.91 Å². The third-order valence-corrected chi connectivity index (χ3v) is 6.81. The third kappa shape index (κ3) is 6.06. The Balaban J connectivity index is 1.58. The van der Waals surface area contributed by atoms with Gasteiger partial charge in [-0.25, -0.2) is 8.78 Å². The first kappa shape index (κ1) is 27.7. The molecule has 1 aliphatic rings. The fourth-order valence-electron chi connectivity index (χ4n) is 4.34. The van der Waals surface area contributed by atoms with Gasteiger partial charge in [0.15, 0.2) is 10.9 Å². The van der Waals surface area contributed by atoms with Crippen molar-refractivity contribution in [3.8, 4) is 11.5 Å². The minimum absolute atomic E-state index is 0.0657. The zero-order valence-electron chi connectivity index (χ0n) is 21.4. The van der Waals surface area contributed by atoms with Crippen LogP contribution in [0.1, 0.15) is 17.5 Å². The lowest BCUT2D eigenvalue weighted by Crippen LogP contribution is -2.39. The van der Waals surface area contributed by atoms with Crippen molar-refractivity contribution in [2.24, 2.45) is 0 Å². The van der Waals surface area contributed by atoms with E-state index in [-0.39, 0.29) is 23.0 Å². The molecular weight excluding hydrogens is 524 g/mol. The van der Waals surface area contributed by atoms with Crippen LogP contribution in [0.25, 0.3) is 6.08 Å². The van der Waals surface area contributed by atoms with E-state index in [4.69, 9.17) is 21.7 Å². The summed E-state index contributed by atoms with van der Waals surface area (Å²) >= 11 is 5.65. The Morgan fingerprint density at radius 1 is 1.05 bits per heavy atom. The topological polar surface area (TPSA) is 71.1 Å². The summed E-state index contributed by atoms with van der Waals surface area (Å²) in [5.41, 5.74) is 1.63. The van der Waals surface area contributed by atoms with Gasteiger partial charge in [-0.2, -0.15) is 0 Å². The van der Waals surface area contributed by atoms with Crippen LogP contribution in [0.4, 0.5) is 20.2 Å². The smallest absolute Gasteiger partial charge is 0.256 e. The van der Waals surface area contributed by atoms with Crippen LogP contribution in [0.5, 0.6) is 11.5 Å². The number of carbonyl (C=O) groups excluding carboxylic acids is 2. The van der Waals surface area contributed by atoms with Crippen LogP contribution in [0.2, 0.25) is 0 Å². The molecular formula is C29H27F2N3O4S. The molecule has 3 aromatic rings. The van der Waals surface area contributed by atoms with Crippen molar-refractivity contribution in [1.82, 2.24) is 4.90 Å². The number of amides is 2. The second-order valence-electron chi connectivity index (χ2n) is 8.77. The highest BCUT2D eigenvalue weighted by atomic mass is 32.1. The number of thiocarbonyl (C=S) groups is 1. The fraction of sp³-hybridized carbons (Fsp3) is 0.207. The summed E-state index contributed by atoms with van der Waals surface area (Å²) in [5.74, 6) is -1.18. The summed E-state index contributed by atoms with van der Waals surface area (Å²) in [7, 11) is 2.99. The van der Waals surface area contributed by atoms with E-state index in [9.17, 15) is 18.4 Å². The van der Waals surface area contributed by atoms with Gasteiger partial charge in [0, 0.05) is 18.2 Å². The van der Waals surface area contributed by atoms with Crippen LogP contribution in [-0.2, 0) is 16.0 Å². The molecule has 1 saturated heterocycles. The Morgan fingerprint density at radius 3 is 2.33 bits per heavy atom. The first-order chi connectivity index (χ1) is 18.7. The molecule has 1 N–H and O–H groups in total. The van der Waals surface area contributed by atoms with Crippen molar-refractivity contribution in [2.75, 3.05) is 31.0 Å². The minimum atomic E-state index is -0.950. The maximum absolute atomic E-state index is 14.8. The SMILES string of the molecule is C=Cc1cc(OC)cc(F)c1NC(=O)CC1C(=O)N(c2ccc(F)cc2)C(=S)N1CCc1ccc(OC)cc1. The Morgan fingerprint density at radius 2 is 1.72 bits per heavy atom. The number of hydrogen-bond acceptors (Lipinski definition) is 5. The van der Waals surface area contributed by atoms with Crippen LogP contribution < -0.4 is 19.7 Å². The predicted molar refractivity (Wildman–Crippen MR) is 150 cm³/mol. The molecule has 202 valence electrons. The highest BCUT2D eigenvalue weighted by Gasteiger charge is 2.44. The first-order valence-corrected chi connectivity index (χ1v) is 12.5. The summed E-state index contributed by atoms with van der Waals surface area (Å²) in [5, 5.41) is 2.76. The largest absolute Gasteiger partial charge is 0.497 e. The van der Waals surface area contributed by atoms with Gasteiger partial charge in [0.25, 0.3) is 5.91 Å². The molecule has 2 amide bonds. The van der Waals surface area contributed by atoms with E-state index >= 15 is 0 Å². The highest BCUT2D eigenvalue weighted by molar-refractivity contribution is 7.80. The summed E-state index contributed by atoms with van der Waals surface area (Å²) in [4.78, 5) is 29.7. The standard InChI is InChI=1S/C29H27F2N3O4S/c1-4-19-15-23(38-3)16-24(31)27(19)32-26(35)17-25-28(36)34(21-9-7-20(30)8-10-21)29(39)33(25)14-13-18-5-11-22(37-2)12-6-18/h4-12,15-16,25H,1,13-14,17H2,2-3H3,(H,32,35). The minimum Gasteiger partial charge on any atom is -0.497 e. The number of hydrogen-bond donors (Lipinski definition) is 1. The van der Waals surface area contributed by atoms with E-state index in [2.05, 4.69) is 11.9 Å². The lowest BCUT2D eigenvalue weighted by atomic mass is 10.1. The number of methoxy groups -OCH3 is 2. The molecule has 1 heterocycles. The quantitative estimate of drug-likeness (QED) is 0.350. The Kier molecular flexibility index (Phi) is 8.55. The second-order valence-corrected chi connectivity index (χ2v) is 9.13. The Labute approximate surface area is 230 Å². The van der Waals surface area contributed by atoms with Gasteiger partial charge in [0.05, 0.1) is 32.0 Å². The number of halogens is 2. The van der Waals surface area contributed by atoms with E-state index in [1.54, 1.807) is 18.1 Å². The summed E-state index contributed by atoms with van der Waals surface area (Å²) in [6.45, 7) is 4.01. The van der Waals surface area contributed by atoms with Gasteiger partial charge < -0.3 is 19.7 Å². The maximum atomic E-state index is 14.8. The zero-order valence-corrected chi connectivity index (χ0v) is 22.3. The first-order valence-electron chi connectivity index (χ1n) is 12.1. The van der Waals surface area contributed by atoms with Gasteiger partial charge in [-0.1, -0.05) is 24.8 Å². The van der Waals surface area contributed by atoms with Crippen LogP contribution >= 0.6 is 12.2 Å². The van der Waals surface area contributed by atoms with E-state index in [1.165, 1.54) is 42.4 Å². The number of nitrogens with one attached hydrogen (secondary N) is 1. The molecule has 4 rings (SSSR count). The van der Waals surface area contributed by atoms with Crippen molar-refractivity contribution in [3.05, 3.63) is 90.0 Å². The van der Waals surface area contributed by atoms with Gasteiger partial charge >= 0.3 is 0 Å². The van der Waals surface area contributed by atoms with E-state index < -0.39 is 29.5 Å². The van der Waals surface area contributed by atoms with Gasteiger partial charge in [-0.05, 0) is 66.7 Å². The molecule has 10 heteroatoms. The molecule has 0 bridgehead atoms. The van der Waals surface area contributed by atoms with Crippen molar-refractivity contribution in [3.63, 3.8) is 0 Å². The number of rotatable bonds is 10. The Bertz CT molecular complexity index is 1400. The molecule has 1 unspecified atom stereocenters. The van der Waals surface area contributed by atoms with E-state index in [0.29, 0.717) is 30.0 Å². The summed E-state index contributed by atoms with van der Waals surface area (Å²) < 4.78 is 38.6. The molecule has 1 aliphatic heterocycles. The van der Waals surface area contributed by atoms with Crippen LogP contribution in [0.3, 0.4) is 0 Å². The zero-order chi connectivity index (χ0) is 28.1. The van der Waals surface area contributed by atoms with Crippen LogP contribution in [0.15, 0.2) is 67.2 Å². The van der Waals surface area contributed by atoms with E-state index in [0.717, 1.165) is 11.6 Å². The third-order valence-electron chi connectivity index (χ3n) is 6.40. The molecule has 39 heavy (non-hydrogen) atoms. The lowest BCUT2D eigenvalue weighted by Gasteiger charge is -2.24. The number of carbonyl (C=O) groups is 2. The van der Waals surface area contributed by atoms with Crippen molar-refractivity contribution >= 4 is 46.6 Å². The van der Waals surface area contributed by atoms with Crippen molar-refractivity contribution in [2.45, 2.75) is 18.9 Å². The summed E-state index contributed by atoms with van der Waals surface area (Å²) in [6, 6.07) is 14.6. The molecule has 1 atom stereocenters. The monoisotopic (exact) mass is 551 g/mol. The van der Waals surface area contributed by atoms with Crippen LogP contribution in [0, 0.1) is 11.6 Å². The number of benzene rings is 3. The number of anilines is 2. The van der Waals surface area contributed by atoms with Gasteiger partial charge in [-0.3, -0.25) is 14.5 Å². The molecule has 0 saturated carbocycles. The average molecular weight is 552 g/mol. The predicted octanol–water partition coefficient (Wildman–Crippen LogP) is 5.20. The molecule has 3 aromatic carbocycles. The molecule has 0 aliphatic carbocycles. The average Bonchev–Trinajstić information content (AvgIpc) is 3.17. The van der Waals surface area contributed by atoms with Crippen molar-refractivity contribution in [1.29, 1.82) is 0 Å².